The van der Waals surface area contributed by atoms with Gasteiger partial charge in [0.05, 0.1) is 26.7 Å². The van der Waals surface area contributed by atoms with E-state index in [2.05, 4.69) is 16.4 Å². The number of hydrogen-bond donors (Lipinski definition) is 1. The molecule has 0 saturated carbocycles. The van der Waals surface area contributed by atoms with Crippen LogP contribution in [0.15, 0.2) is 54.6 Å². The highest BCUT2D eigenvalue weighted by atomic mass is 32.2. The maximum absolute atomic E-state index is 13.0. The summed E-state index contributed by atoms with van der Waals surface area (Å²) in [6.45, 7) is 1.31. The number of hydrogen-bond acceptors (Lipinski definition) is 6. The first-order chi connectivity index (χ1) is 14.5. The third-order valence-electron chi connectivity index (χ3n) is 5.31. The molecule has 2 heterocycles. The summed E-state index contributed by atoms with van der Waals surface area (Å²) < 4.78 is 24.8. The van der Waals surface area contributed by atoms with Crippen LogP contribution in [-0.2, 0) is 21.1 Å². The van der Waals surface area contributed by atoms with E-state index < -0.39 is 15.9 Å². The van der Waals surface area contributed by atoms with Crippen molar-refractivity contribution in [1.82, 2.24) is 15.2 Å². The van der Waals surface area contributed by atoms with Crippen LogP contribution in [0, 0.1) is 0 Å². The van der Waals surface area contributed by atoms with Crippen LogP contribution in [0.3, 0.4) is 0 Å². The summed E-state index contributed by atoms with van der Waals surface area (Å²) in [5, 5.41) is 4.13. The van der Waals surface area contributed by atoms with Gasteiger partial charge in [-0.05, 0) is 24.1 Å². The van der Waals surface area contributed by atoms with E-state index in [4.69, 9.17) is 0 Å². The number of carbonyl (C=O) groups excluding carboxylic acids is 1. The van der Waals surface area contributed by atoms with Crippen molar-refractivity contribution < 1.29 is 13.2 Å². The Morgan fingerprint density at radius 2 is 1.77 bits per heavy atom. The van der Waals surface area contributed by atoms with E-state index in [0.29, 0.717) is 19.6 Å². The van der Waals surface area contributed by atoms with Crippen LogP contribution in [0.5, 0.6) is 0 Å². The van der Waals surface area contributed by atoms with Gasteiger partial charge < -0.3 is 5.32 Å². The zero-order chi connectivity index (χ0) is 21.0. The number of amides is 1. The number of carbonyl (C=O) groups is 1. The molecule has 0 radical (unpaired) electrons. The molecule has 1 atom stereocenters. The van der Waals surface area contributed by atoms with Crippen molar-refractivity contribution in [1.29, 1.82) is 0 Å². The van der Waals surface area contributed by atoms with Gasteiger partial charge in [0.15, 0.2) is 9.84 Å². The Morgan fingerprint density at radius 1 is 1.07 bits per heavy atom. The highest BCUT2D eigenvalue weighted by Gasteiger charge is 2.32. The summed E-state index contributed by atoms with van der Waals surface area (Å²) >= 11 is 1.69. The van der Waals surface area contributed by atoms with Crippen LogP contribution >= 0.6 is 11.3 Å². The molecular formula is C22H25N3O3S2. The van der Waals surface area contributed by atoms with Gasteiger partial charge in [0.2, 0.25) is 5.91 Å². The van der Waals surface area contributed by atoms with Gasteiger partial charge in [-0.15, -0.1) is 11.3 Å². The topological polar surface area (TPSA) is 79.4 Å². The van der Waals surface area contributed by atoms with Gasteiger partial charge in [-0.1, -0.05) is 42.5 Å². The van der Waals surface area contributed by atoms with Gasteiger partial charge in [0, 0.05) is 26.1 Å². The van der Waals surface area contributed by atoms with Gasteiger partial charge in [-0.2, -0.15) is 0 Å². The van der Waals surface area contributed by atoms with Gasteiger partial charge >= 0.3 is 0 Å². The van der Waals surface area contributed by atoms with Crippen molar-refractivity contribution in [2.24, 2.45) is 0 Å². The molecule has 2 aromatic carbocycles. The molecule has 1 aliphatic heterocycles. The number of aromatic nitrogens is 1. The van der Waals surface area contributed by atoms with E-state index in [1.807, 2.05) is 53.4 Å². The molecule has 0 aliphatic carbocycles. The largest absolute Gasteiger partial charge is 0.354 e. The average molecular weight is 444 g/mol. The van der Waals surface area contributed by atoms with E-state index in [1.165, 1.54) is 4.70 Å². The predicted octanol–water partition coefficient (Wildman–Crippen LogP) is 2.82. The lowest BCUT2D eigenvalue weighted by Gasteiger charge is -2.33. The van der Waals surface area contributed by atoms with Crippen LogP contribution in [-0.4, -0.2) is 55.3 Å². The van der Waals surface area contributed by atoms with E-state index >= 15 is 0 Å². The summed E-state index contributed by atoms with van der Waals surface area (Å²) in [5.41, 5.74) is 1.91. The van der Waals surface area contributed by atoms with Crippen molar-refractivity contribution in [3.8, 4) is 0 Å². The summed E-state index contributed by atoms with van der Waals surface area (Å²) in [6.07, 6.45) is 1.62. The Kier molecular flexibility index (Phi) is 6.46. The number of fused-ring (bicyclic) bond motifs is 1. The maximum Gasteiger partial charge on any atom is 0.241 e. The number of benzene rings is 2. The number of para-hydroxylation sites is 1. The molecule has 1 aliphatic rings. The summed E-state index contributed by atoms with van der Waals surface area (Å²) in [7, 11) is -3.00. The van der Waals surface area contributed by atoms with Crippen molar-refractivity contribution >= 4 is 37.3 Å². The third kappa shape index (κ3) is 5.06. The fourth-order valence-corrected chi connectivity index (χ4v) is 5.96. The molecule has 1 fully saturated rings. The van der Waals surface area contributed by atoms with Crippen LogP contribution in [0.25, 0.3) is 10.2 Å². The van der Waals surface area contributed by atoms with Crippen molar-refractivity contribution in [2.75, 3.05) is 31.1 Å². The van der Waals surface area contributed by atoms with E-state index in [-0.39, 0.29) is 17.4 Å². The maximum atomic E-state index is 13.0. The Labute approximate surface area is 180 Å². The van der Waals surface area contributed by atoms with Crippen molar-refractivity contribution in [3.05, 3.63) is 65.2 Å². The van der Waals surface area contributed by atoms with E-state index in [0.717, 1.165) is 28.9 Å². The molecule has 6 nitrogen and oxygen atoms in total. The highest BCUT2D eigenvalue weighted by molar-refractivity contribution is 7.91. The fourth-order valence-electron chi connectivity index (χ4n) is 3.72. The van der Waals surface area contributed by atoms with Gasteiger partial charge in [0.1, 0.15) is 6.04 Å². The summed E-state index contributed by atoms with van der Waals surface area (Å²) in [6, 6.07) is 17.2. The van der Waals surface area contributed by atoms with Crippen LogP contribution in [0.1, 0.15) is 23.0 Å². The molecule has 0 spiro atoms. The first-order valence-electron chi connectivity index (χ1n) is 10.1. The Bertz CT molecular complexity index is 1070. The minimum Gasteiger partial charge on any atom is -0.354 e. The smallest absolute Gasteiger partial charge is 0.241 e. The van der Waals surface area contributed by atoms with Crippen LogP contribution in [0.4, 0.5) is 0 Å². The van der Waals surface area contributed by atoms with Gasteiger partial charge in [-0.3, -0.25) is 9.69 Å². The van der Waals surface area contributed by atoms with E-state index in [9.17, 15) is 13.2 Å². The molecule has 3 aromatic rings. The van der Waals surface area contributed by atoms with Crippen LogP contribution < -0.4 is 5.32 Å². The fraction of sp³-hybridized carbons (Fsp3) is 0.364. The number of rotatable bonds is 7. The molecule has 1 amide bonds. The second-order valence-electron chi connectivity index (χ2n) is 7.47. The molecule has 8 heteroatoms. The Balaban J connectivity index is 1.36. The third-order valence-corrected chi connectivity index (χ3v) is 8.02. The number of aryl methyl sites for hydroxylation is 1. The van der Waals surface area contributed by atoms with E-state index in [1.54, 1.807) is 11.3 Å². The minimum atomic E-state index is -3.00. The van der Waals surface area contributed by atoms with Crippen LogP contribution in [0.2, 0.25) is 0 Å². The monoisotopic (exact) mass is 443 g/mol. The zero-order valence-electron chi connectivity index (χ0n) is 16.7. The molecule has 30 heavy (non-hydrogen) atoms. The summed E-state index contributed by atoms with van der Waals surface area (Å²) in [5.74, 6) is 0.118. The molecule has 158 valence electrons. The first kappa shape index (κ1) is 21.0. The quantitative estimate of drug-likeness (QED) is 0.568. The Hall–Kier alpha value is -2.29. The molecule has 4 rings (SSSR count). The molecule has 1 N–H and O–H groups in total. The second-order valence-corrected chi connectivity index (χ2v) is 10.9. The molecular weight excluding hydrogens is 418 g/mol. The average Bonchev–Trinajstić information content (AvgIpc) is 3.16. The second kappa shape index (κ2) is 9.24. The number of sulfone groups is 1. The normalized spacial score (nSPS) is 17.6. The molecule has 1 unspecified atom stereocenters. The van der Waals surface area contributed by atoms with Crippen molar-refractivity contribution in [2.45, 2.75) is 18.9 Å². The summed E-state index contributed by atoms with van der Waals surface area (Å²) in [4.78, 5) is 19.7. The zero-order valence-corrected chi connectivity index (χ0v) is 18.3. The number of nitrogens with zero attached hydrogens (tertiary/aromatic N) is 2. The molecule has 0 bridgehead atoms. The minimum absolute atomic E-state index is 0.0789. The highest BCUT2D eigenvalue weighted by Crippen LogP contribution is 2.24. The standard InChI is InChI=1S/C22H25N3O3S2/c26-22(23-12-6-11-20-24-18-9-4-5-10-19(18)29-20)21(17-7-2-1-3-8-17)25-13-15-30(27,28)16-14-25/h1-5,7-10,21H,6,11-16H2,(H,23,26). The Morgan fingerprint density at radius 3 is 2.50 bits per heavy atom. The lowest BCUT2D eigenvalue weighted by atomic mass is 10.0. The SMILES string of the molecule is O=C(NCCCc1nc2ccccc2s1)C(c1ccccc1)N1CCS(=O)(=O)CC1. The lowest BCUT2D eigenvalue weighted by molar-refractivity contribution is -0.126. The molecule has 1 saturated heterocycles. The number of nitrogens with one attached hydrogen (secondary N) is 1. The predicted molar refractivity (Wildman–Crippen MR) is 120 cm³/mol. The first-order valence-corrected chi connectivity index (χ1v) is 12.8. The number of thiazole rings is 1. The van der Waals surface area contributed by atoms with Crippen molar-refractivity contribution in [3.63, 3.8) is 0 Å². The van der Waals surface area contributed by atoms with Gasteiger partial charge in [-0.25, -0.2) is 13.4 Å². The lowest BCUT2D eigenvalue weighted by Crippen LogP contribution is -2.47. The molecule has 1 aromatic heterocycles. The van der Waals surface area contributed by atoms with Gasteiger partial charge in [0.25, 0.3) is 0 Å².